The van der Waals surface area contributed by atoms with Crippen molar-refractivity contribution in [1.82, 2.24) is 0 Å². The van der Waals surface area contributed by atoms with E-state index in [1.807, 2.05) is 12.1 Å². The van der Waals surface area contributed by atoms with Crippen molar-refractivity contribution in [2.45, 2.75) is 13.5 Å². The maximum Gasteiger partial charge on any atom is 0.134 e. The van der Waals surface area contributed by atoms with E-state index in [1.54, 1.807) is 0 Å². The predicted octanol–water partition coefficient (Wildman–Crippen LogP) is 2.71. The van der Waals surface area contributed by atoms with Crippen molar-refractivity contribution < 1.29 is 4.42 Å². The summed E-state index contributed by atoms with van der Waals surface area (Å²) in [6.07, 6.45) is 0. The van der Waals surface area contributed by atoms with E-state index >= 15 is 0 Å². The van der Waals surface area contributed by atoms with Gasteiger partial charge in [0.1, 0.15) is 11.5 Å². The molecule has 0 amide bonds. The lowest BCUT2D eigenvalue weighted by Gasteiger charge is -1.97. The molecule has 0 aliphatic carbocycles. The normalized spacial score (nSPS) is 10.4. The van der Waals surface area contributed by atoms with Gasteiger partial charge in [-0.25, -0.2) is 0 Å². The van der Waals surface area contributed by atoms with Crippen LogP contribution in [0.2, 0.25) is 0 Å². The third kappa shape index (κ3) is 1.70. The number of nitrogens with two attached hydrogens (primary N) is 1. The SMILES string of the molecule is Cc1ccc(-c2ccc(CN)o2)cc1. The highest BCUT2D eigenvalue weighted by Crippen LogP contribution is 2.22. The number of furan rings is 1. The molecule has 2 heteroatoms. The van der Waals surface area contributed by atoms with Crippen LogP contribution in [-0.2, 0) is 6.54 Å². The molecule has 0 saturated heterocycles. The van der Waals surface area contributed by atoms with Gasteiger partial charge in [-0.3, -0.25) is 0 Å². The van der Waals surface area contributed by atoms with Gasteiger partial charge in [0.15, 0.2) is 0 Å². The first-order chi connectivity index (χ1) is 6.79. The number of benzene rings is 1. The first kappa shape index (κ1) is 9.03. The van der Waals surface area contributed by atoms with Gasteiger partial charge in [0.2, 0.25) is 0 Å². The first-order valence-electron chi connectivity index (χ1n) is 4.65. The van der Waals surface area contributed by atoms with Crippen molar-refractivity contribution in [3.05, 3.63) is 47.7 Å². The van der Waals surface area contributed by atoms with Crippen LogP contribution in [0.3, 0.4) is 0 Å². The Labute approximate surface area is 83.4 Å². The second-order valence-corrected chi connectivity index (χ2v) is 3.34. The number of hydrogen-bond acceptors (Lipinski definition) is 2. The highest BCUT2D eigenvalue weighted by molar-refractivity contribution is 5.57. The van der Waals surface area contributed by atoms with Crippen LogP contribution >= 0.6 is 0 Å². The first-order valence-corrected chi connectivity index (χ1v) is 4.65. The van der Waals surface area contributed by atoms with Crippen LogP contribution in [0.4, 0.5) is 0 Å². The minimum absolute atomic E-state index is 0.450. The van der Waals surface area contributed by atoms with E-state index in [0.29, 0.717) is 6.54 Å². The van der Waals surface area contributed by atoms with Gasteiger partial charge in [0, 0.05) is 5.56 Å². The fourth-order valence-corrected chi connectivity index (χ4v) is 1.36. The molecule has 2 aromatic rings. The van der Waals surface area contributed by atoms with Crippen LogP contribution in [-0.4, -0.2) is 0 Å². The van der Waals surface area contributed by atoms with Crippen molar-refractivity contribution in [2.24, 2.45) is 5.73 Å². The third-order valence-electron chi connectivity index (χ3n) is 2.20. The Kier molecular flexibility index (Phi) is 2.37. The molecule has 0 aliphatic rings. The Morgan fingerprint density at radius 2 is 1.79 bits per heavy atom. The van der Waals surface area contributed by atoms with Crippen molar-refractivity contribution in [3.63, 3.8) is 0 Å². The Morgan fingerprint density at radius 1 is 1.07 bits per heavy atom. The van der Waals surface area contributed by atoms with Gasteiger partial charge in [0.25, 0.3) is 0 Å². The standard InChI is InChI=1S/C12H13NO/c1-9-2-4-10(5-3-9)12-7-6-11(8-13)14-12/h2-7H,8,13H2,1H3. The molecule has 1 aromatic carbocycles. The van der Waals surface area contributed by atoms with Crippen LogP contribution in [0.15, 0.2) is 40.8 Å². The highest BCUT2D eigenvalue weighted by atomic mass is 16.3. The molecule has 0 atom stereocenters. The van der Waals surface area contributed by atoms with Crippen LogP contribution in [0.5, 0.6) is 0 Å². The zero-order chi connectivity index (χ0) is 9.97. The summed E-state index contributed by atoms with van der Waals surface area (Å²) in [6.45, 7) is 2.52. The zero-order valence-electron chi connectivity index (χ0n) is 8.16. The maximum atomic E-state index is 5.53. The van der Waals surface area contributed by atoms with Crippen LogP contribution in [0, 0.1) is 6.92 Å². The van der Waals surface area contributed by atoms with E-state index in [-0.39, 0.29) is 0 Å². The molecule has 0 radical (unpaired) electrons. The lowest BCUT2D eigenvalue weighted by molar-refractivity contribution is 0.525. The van der Waals surface area contributed by atoms with E-state index < -0.39 is 0 Å². The molecule has 0 aliphatic heterocycles. The fraction of sp³-hybridized carbons (Fsp3) is 0.167. The lowest BCUT2D eigenvalue weighted by atomic mass is 10.1. The highest BCUT2D eigenvalue weighted by Gasteiger charge is 2.02. The summed E-state index contributed by atoms with van der Waals surface area (Å²) in [5.74, 6) is 1.70. The second kappa shape index (κ2) is 3.68. The molecular formula is C12H13NO. The van der Waals surface area contributed by atoms with Crippen molar-refractivity contribution in [3.8, 4) is 11.3 Å². The summed E-state index contributed by atoms with van der Waals surface area (Å²) in [5, 5.41) is 0. The minimum Gasteiger partial charge on any atom is -0.460 e. The summed E-state index contributed by atoms with van der Waals surface area (Å²) < 4.78 is 5.53. The molecule has 2 N–H and O–H groups in total. The van der Waals surface area contributed by atoms with E-state index in [0.717, 1.165) is 17.1 Å². The van der Waals surface area contributed by atoms with Crippen LogP contribution < -0.4 is 5.73 Å². The van der Waals surface area contributed by atoms with Crippen LogP contribution in [0.25, 0.3) is 11.3 Å². The number of hydrogen-bond donors (Lipinski definition) is 1. The average molecular weight is 187 g/mol. The molecule has 72 valence electrons. The predicted molar refractivity (Wildman–Crippen MR) is 56.8 cm³/mol. The van der Waals surface area contributed by atoms with Gasteiger partial charge in [-0.05, 0) is 19.1 Å². The van der Waals surface area contributed by atoms with E-state index in [2.05, 4.69) is 31.2 Å². The molecule has 0 saturated carbocycles. The smallest absolute Gasteiger partial charge is 0.134 e. The number of rotatable bonds is 2. The van der Waals surface area contributed by atoms with Crippen molar-refractivity contribution in [2.75, 3.05) is 0 Å². The zero-order valence-corrected chi connectivity index (χ0v) is 8.16. The summed E-state index contributed by atoms with van der Waals surface area (Å²) >= 11 is 0. The topological polar surface area (TPSA) is 39.2 Å². The molecule has 0 bridgehead atoms. The molecular weight excluding hydrogens is 174 g/mol. The molecule has 1 heterocycles. The lowest BCUT2D eigenvalue weighted by Crippen LogP contribution is -1.92. The molecule has 2 nitrogen and oxygen atoms in total. The third-order valence-corrected chi connectivity index (χ3v) is 2.20. The summed E-state index contributed by atoms with van der Waals surface area (Å²) in [7, 11) is 0. The fourth-order valence-electron chi connectivity index (χ4n) is 1.36. The maximum absolute atomic E-state index is 5.53. The molecule has 1 aromatic heterocycles. The Hall–Kier alpha value is -1.54. The molecule has 14 heavy (non-hydrogen) atoms. The summed E-state index contributed by atoms with van der Waals surface area (Å²) in [5.41, 5.74) is 7.81. The Balaban J connectivity index is 2.34. The van der Waals surface area contributed by atoms with Gasteiger partial charge in [-0.1, -0.05) is 29.8 Å². The van der Waals surface area contributed by atoms with Gasteiger partial charge in [0.05, 0.1) is 6.54 Å². The number of aryl methyl sites for hydroxylation is 1. The molecule has 0 fully saturated rings. The second-order valence-electron chi connectivity index (χ2n) is 3.34. The van der Waals surface area contributed by atoms with E-state index in [1.165, 1.54) is 5.56 Å². The largest absolute Gasteiger partial charge is 0.460 e. The van der Waals surface area contributed by atoms with E-state index in [4.69, 9.17) is 10.2 Å². The van der Waals surface area contributed by atoms with Crippen LogP contribution in [0.1, 0.15) is 11.3 Å². The van der Waals surface area contributed by atoms with Gasteiger partial charge < -0.3 is 10.2 Å². The van der Waals surface area contributed by atoms with E-state index in [9.17, 15) is 0 Å². The monoisotopic (exact) mass is 187 g/mol. The Morgan fingerprint density at radius 3 is 2.36 bits per heavy atom. The molecule has 0 spiro atoms. The molecule has 0 unspecified atom stereocenters. The van der Waals surface area contributed by atoms with Crippen molar-refractivity contribution >= 4 is 0 Å². The summed E-state index contributed by atoms with van der Waals surface area (Å²) in [4.78, 5) is 0. The molecule has 2 rings (SSSR count). The van der Waals surface area contributed by atoms with Gasteiger partial charge >= 0.3 is 0 Å². The average Bonchev–Trinajstić information content (AvgIpc) is 2.67. The Bertz CT molecular complexity index is 414. The minimum atomic E-state index is 0.450. The van der Waals surface area contributed by atoms with Gasteiger partial charge in [-0.2, -0.15) is 0 Å². The quantitative estimate of drug-likeness (QED) is 0.785. The van der Waals surface area contributed by atoms with Gasteiger partial charge in [-0.15, -0.1) is 0 Å². The summed E-state index contributed by atoms with van der Waals surface area (Å²) in [6, 6.07) is 12.1. The van der Waals surface area contributed by atoms with Crippen molar-refractivity contribution in [1.29, 1.82) is 0 Å².